The number of thiophene rings is 1. The molecule has 1 amide bonds. The highest BCUT2D eigenvalue weighted by molar-refractivity contribution is 7.07. The molecule has 2 aliphatic heterocycles. The van der Waals surface area contributed by atoms with Gasteiger partial charge in [0.25, 0.3) is 0 Å². The molecule has 3 aliphatic rings. The monoisotopic (exact) mass is 334 g/mol. The van der Waals surface area contributed by atoms with Crippen LogP contribution in [0.2, 0.25) is 0 Å². The van der Waals surface area contributed by atoms with Gasteiger partial charge >= 0.3 is 0 Å². The van der Waals surface area contributed by atoms with E-state index in [2.05, 4.69) is 21.2 Å². The largest absolute Gasteiger partial charge is 0.375 e. The Kier molecular flexibility index (Phi) is 4.69. The minimum atomic E-state index is 0.274. The molecule has 2 atom stereocenters. The fourth-order valence-corrected chi connectivity index (χ4v) is 4.62. The highest BCUT2D eigenvalue weighted by atomic mass is 32.1. The van der Waals surface area contributed by atoms with Gasteiger partial charge in [0.15, 0.2) is 0 Å². The van der Waals surface area contributed by atoms with Crippen LogP contribution >= 0.6 is 11.3 Å². The Bertz CT molecular complexity index is 529. The fourth-order valence-electron chi connectivity index (χ4n) is 3.95. The zero-order chi connectivity index (χ0) is 15.6. The van der Waals surface area contributed by atoms with Crippen molar-refractivity contribution in [3.63, 3.8) is 0 Å². The standard InChI is InChI=1S/C18H26N2O2S/c21-18(11-15-5-10-23-13-15)19-6-3-16-17(4-7-19)22-9-8-20(16)12-14-1-2-14/h5,10,13-14,16-17H,1-4,6-9,11-12H2. The van der Waals surface area contributed by atoms with Gasteiger partial charge in [0.1, 0.15) is 0 Å². The Morgan fingerprint density at radius 1 is 1.22 bits per heavy atom. The van der Waals surface area contributed by atoms with Gasteiger partial charge in [-0.05, 0) is 54.0 Å². The zero-order valence-corrected chi connectivity index (χ0v) is 14.5. The van der Waals surface area contributed by atoms with Crippen LogP contribution in [-0.2, 0) is 16.0 Å². The molecule has 0 radical (unpaired) electrons. The van der Waals surface area contributed by atoms with Crippen molar-refractivity contribution in [3.8, 4) is 0 Å². The number of amides is 1. The lowest BCUT2D eigenvalue weighted by Gasteiger charge is -2.40. The molecule has 1 aromatic heterocycles. The van der Waals surface area contributed by atoms with E-state index in [4.69, 9.17) is 4.74 Å². The Morgan fingerprint density at radius 2 is 2.09 bits per heavy atom. The molecule has 0 bridgehead atoms. The summed E-state index contributed by atoms with van der Waals surface area (Å²) in [6.45, 7) is 4.90. The van der Waals surface area contributed by atoms with E-state index in [1.54, 1.807) is 11.3 Å². The predicted molar refractivity (Wildman–Crippen MR) is 91.7 cm³/mol. The molecule has 2 saturated heterocycles. The first-order chi connectivity index (χ1) is 11.3. The van der Waals surface area contributed by atoms with Gasteiger partial charge in [-0.1, -0.05) is 0 Å². The number of carbonyl (C=O) groups is 1. The second-order valence-electron chi connectivity index (χ2n) is 7.18. The smallest absolute Gasteiger partial charge is 0.227 e. The Balaban J connectivity index is 1.37. The van der Waals surface area contributed by atoms with Gasteiger partial charge in [0.05, 0.1) is 19.1 Å². The van der Waals surface area contributed by atoms with E-state index >= 15 is 0 Å². The van der Waals surface area contributed by atoms with Gasteiger partial charge in [-0.3, -0.25) is 9.69 Å². The van der Waals surface area contributed by atoms with Crippen LogP contribution in [0.25, 0.3) is 0 Å². The molecule has 0 aromatic carbocycles. The maximum Gasteiger partial charge on any atom is 0.227 e. The fraction of sp³-hybridized carbons (Fsp3) is 0.722. The summed E-state index contributed by atoms with van der Waals surface area (Å²) < 4.78 is 6.05. The number of hydrogen-bond acceptors (Lipinski definition) is 4. The summed E-state index contributed by atoms with van der Waals surface area (Å²) in [5, 5.41) is 4.12. The quantitative estimate of drug-likeness (QED) is 0.848. The number of likely N-dealkylation sites (tertiary alicyclic amines) is 1. The predicted octanol–water partition coefficient (Wildman–Crippen LogP) is 2.39. The third kappa shape index (κ3) is 3.78. The highest BCUT2D eigenvalue weighted by Gasteiger charge is 2.37. The second kappa shape index (κ2) is 6.91. The molecule has 0 N–H and O–H groups in total. The van der Waals surface area contributed by atoms with Crippen LogP contribution in [0.15, 0.2) is 16.8 Å². The topological polar surface area (TPSA) is 32.8 Å². The normalized spacial score (nSPS) is 29.1. The number of rotatable bonds is 4. The van der Waals surface area contributed by atoms with Gasteiger partial charge in [-0.25, -0.2) is 0 Å². The molecule has 1 aliphatic carbocycles. The molecular weight excluding hydrogens is 308 g/mol. The minimum Gasteiger partial charge on any atom is -0.375 e. The van der Waals surface area contributed by atoms with Gasteiger partial charge in [0.2, 0.25) is 5.91 Å². The Morgan fingerprint density at radius 3 is 2.87 bits per heavy atom. The number of ether oxygens (including phenoxy) is 1. The summed E-state index contributed by atoms with van der Waals surface area (Å²) in [7, 11) is 0. The number of fused-ring (bicyclic) bond motifs is 1. The molecule has 5 heteroatoms. The van der Waals surface area contributed by atoms with Crippen LogP contribution in [0.4, 0.5) is 0 Å². The van der Waals surface area contributed by atoms with Crippen LogP contribution in [-0.4, -0.2) is 60.6 Å². The molecule has 4 rings (SSSR count). The first-order valence-corrected chi connectivity index (χ1v) is 9.88. The number of carbonyl (C=O) groups excluding carboxylic acids is 1. The summed E-state index contributed by atoms with van der Waals surface area (Å²) in [5.41, 5.74) is 1.15. The summed E-state index contributed by atoms with van der Waals surface area (Å²) in [6, 6.07) is 2.57. The van der Waals surface area contributed by atoms with E-state index in [0.717, 1.165) is 50.6 Å². The van der Waals surface area contributed by atoms with E-state index in [1.165, 1.54) is 19.4 Å². The first-order valence-electron chi connectivity index (χ1n) is 8.94. The number of nitrogens with zero attached hydrogens (tertiary/aromatic N) is 2. The molecule has 4 nitrogen and oxygen atoms in total. The zero-order valence-electron chi connectivity index (χ0n) is 13.7. The molecule has 1 saturated carbocycles. The van der Waals surface area contributed by atoms with Crippen molar-refractivity contribution in [2.45, 2.75) is 44.2 Å². The molecule has 126 valence electrons. The van der Waals surface area contributed by atoms with Crippen molar-refractivity contribution in [3.05, 3.63) is 22.4 Å². The van der Waals surface area contributed by atoms with Crippen LogP contribution in [0.3, 0.4) is 0 Å². The van der Waals surface area contributed by atoms with Gasteiger partial charge in [-0.2, -0.15) is 11.3 Å². The van der Waals surface area contributed by atoms with Crippen LogP contribution in [0, 0.1) is 5.92 Å². The third-order valence-corrected chi connectivity index (χ3v) is 6.20. The summed E-state index contributed by atoms with van der Waals surface area (Å²) >= 11 is 1.66. The average Bonchev–Trinajstić information content (AvgIpc) is 3.27. The molecular formula is C18H26N2O2S. The van der Waals surface area contributed by atoms with Crippen molar-refractivity contribution < 1.29 is 9.53 Å². The molecule has 0 spiro atoms. The third-order valence-electron chi connectivity index (χ3n) is 5.46. The maximum absolute atomic E-state index is 12.6. The number of hydrogen-bond donors (Lipinski definition) is 0. The van der Waals surface area contributed by atoms with Crippen molar-refractivity contribution in [1.82, 2.24) is 9.80 Å². The van der Waals surface area contributed by atoms with Crippen molar-refractivity contribution in [2.24, 2.45) is 5.92 Å². The second-order valence-corrected chi connectivity index (χ2v) is 7.96. The summed E-state index contributed by atoms with van der Waals surface area (Å²) in [4.78, 5) is 17.3. The van der Waals surface area contributed by atoms with Crippen molar-refractivity contribution in [2.75, 3.05) is 32.8 Å². The first kappa shape index (κ1) is 15.6. The maximum atomic E-state index is 12.6. The molecule has 3 heterocycles. The average molecular weight is 334 g/mol. The van der Waals surface area contributed by atoms with Gasteiger partial charge < -0.3 is 9.64 Å². The van der Waals surface area contributed by atoms with Gasteiger partial charge in [-0.15, -0.1) is 0 Å². The van der Waals surface area contributed by atoms with E-state index < -0.39 is 0 Å². The van der Waals surface area contributed by atoms with E-state index in [-0.39, 0.29) is 5.91 Å². The van der Waals surface area contributed by atoms with E-state index in [9.17, 15) is 4.79 Å². The summed E-state index contributed by atoms with van der Waals surface area (Å²) in [5.74, 6) is 1.20. The van der Waals surface area contributed by atoms with E-state index in [1.807, 2.05) is 5.38 Å². The Hall–Kier alpha value is -0.910. The SMILES string of the molecule is O=C(Cc1ccsc1)N1CCC2OCCN(CC3CC3)C2CC1. The molecule has 23 heavy (non-hydrogen) atoms. The van der Waals surface area contributed by atoms with Crippen LogP contribution in [0.5, 0.6) is 0 Å². The summed E-state index contributed by atoms with van der Waals surface area (Å²) in [6.07, 6.45) is 5.72. The van der Waals surface area contributed by atoms with Crippen molar-refractivity contribution >= 4 is 17.2 Å². The van der Waals surface area contributed by atoms with Gasteiger partial charge in [0, 0.05) is 32.2 Å². The van der Waals surface area contributed by atoms with Crippen LogP contribution < -0.4 is 0 Å². The molecule has 2 unspecified atom stereocenters. The lowest BCUT2D eigenvalue weighted by Crippen LogP contribution is -2.51. The minimum absolute atomic E-state index is 0.274. The molecule has 3 fully saturated rings. The van der Waals surface area contributed by atoms with Crippen LogP contribution in [0.1, 0.15) is 31.2 Å². The van der Waals surface area contributed by atoms with E-state index in [0.29, 0.717) is 18.6 Å². The Labute approximate surface area is 142 Å². The molecule has 1 aromatic rings. The lowest BCUT2D eigenvalue weighted by atomic mass is 10.0. The highest BCUT2D eigenvalue weighted by Crippen LogP contribution is 2.33. The number of morpholine rings is 1. The van der Waals surface area contributed by atoms with Crippen molar-refractivity contribution in [1.29, 1.82) is 0 Å². The lowest BCUT2D eigenvalue weighted by molar-refractivity contribution is -0.130.